The fraction of sp³-hybridized carbons (Fsp3) is 0.278. The van der Waals surface area contributed by atoms with Crippen LogP contribution in [-0.4, -0.2) is 43.7 Å². The van der Waals surface area contributed by atoms with E-state index in [4.69, 9.17) is 25.8 Å². The van der Waals surface area contributed by atoms with Gasteiger partial charge in [0.15, 0.2) is 11.5 Å². The number of hydrogen-bond donors (Lipinski definition) is 0. The van der Waals surface area contributed by atoms with E-state index in [1.807, 2.05) is 30.3 Å². The Hall–Kier alpha value is -2.40. The molecule has 1 aliphatic rings. The molecule has 0 spiro atoms. The Kier molecular flexibility index (Phi) is 5.11. The summed E-state index contributed by atoms with van der Waals surface area (Å²) in [5, 5.41) is 0.548. The van der Waals surface area contributed by atoms with E-state index in [0.717, 1.165) is 0 Å². The summed E-state index contributed by atoms with van der Waals surface area (Å²) in [4.78, 5) is 14.0. The van der Waals surface area contributed by atoms with E-state index in [1.165, 1.54) is 0 Å². The zero-order valence-electron chi connectivity index (χ0n) is 13.3. The summed E-state index contributed by atoms with van der Waals surface area (Å²) in [6, 6.07) is 14.5. The Morgan fingerprint density at radius 3 is 2.71 bits per heavy atom. The van der Waals surface area contributed by atoms with Gasteiger partial charge in [-0.3, -0.25) is 4.79 Å². The fourth-order valence-corrected chi connectivity index (χ4v) is 2.54. The molecule has 0 N–H and O–H groups in total. The molecule has 0 radical (unpaired) electrons. The van der Waals surface area contributed by atoms with Crippen molar-refractivity contribution in [2.24, 2.45) is 0 Å². The van der Waals surface area contributed by atoms with Crippen molar-refractivity contribution in [3.05, 3.63) is 53.6 Å². The summed E-state index contributed by atoms with van der Waals surface area (Å²) in [6.07, 6.45) is -0.648. The lowest BCUT2D eigenvalue weighted by atomic mass is 10.2. The third-order valence-electron chi connectivity index (χ3n) is 3.68. The fourth-order valence-electron chi connectivity index (χ4n) is 2.35. The normalized spacial score (nSPS) is 15.7. The number of halogens is 1. The van der Waals surface area contributed by atoms with E-state index >= 15 is 0 Å². The number of likely N-dealkylation sites (N-methyl/N-ethyl adjacent to an activating group) is 1. The third-order valence-corrected chi connectivity index (χ3v) is 3.99. The standard InChI is InChI=1S/C18H18ClNO4/c1-20(10-11-22-14-7-3-2-6-13(14)19)18(21)17-12-23-15-8-4-5-9-16(15)24-17/h2-9,17H,10-12H2,1H3/t17-/m0/s1. The van der Waals surface area contributed by atoms with Gasteiger partial charge in [-0.2, -0.15) is 0 Å². The van der Waals surface area contributed by atoms with Gasteiger partial charge in [-0.05, 0) is 24.3 Å². The van der Waals surface area contributed by atoms with Crippen LogP contribution >= 0.6 is 11.6 Å². The van der Waals surface area contributed by atoms with E-state index < -0.39 is 6.10 Å². The van der Waals surface area contributed by atoms with Gasteiger partial charge in [-0.25, -0.2) is 0 Å². The lowest BCUT2D eigenvalue weighted by molar-refractivity contribution is -0.140. The average Bonchev–Trinajstić information content (AvgIpc) is 2.62. The van der Waals surface area contributed by atoms with Crippen molar-refractivity contribution in [3.8, 4) is 17.2 Å². The molecule has 0 saturated carbocycles. The van der Waals surface area contributed by atoms with Crippen LogP contribution in [0.1, 0.15) is 0 Å². The maximum Gasteiger partial charge on any atom is 0.267 e. The Morgan fingerprint density at radius 1 is 1.21 bits per heavy atom. The molecule has 1 amide bonds. The summed E-state index contributed by atoms with van der Waals surface area (Å²) in [5.74, 6) is 1.70. The van der Waals surface area contributed by atoms with Crippen molar-refractivity contribution >= 4 is 17.5 Å². The van der Waals surface area contributed by atoms with Crippen LogP contribution in [0.15, 0.2) is 48.5 Å². The van der Waals surface area contributed by atoms with Gasteiger partial charge >= 0.3 is 0 Å². The molecule has 0 saturated heterocycles. The number of amides is 1. The SMILES string of the molecule is CN(CCOc1ccccc1Cl)C(=O)[C@@H]1COc2ccccc2O1. The van der Waals surface area contributed by atoms with Gasteiger partial charge in [0, 0.05) is 7.05 Å². The molecule has 6 heteroatoms. The monoisotopic (exact) mass is 347 g/mol. The molecule has 5 nitrogen and oxygen atoms in total. The van der Waals surface area contributed by atoms with Crippen LogP contribution in [0.5, 0.6) is 17.2 Å². The van der Waals surface area contributed by atoms with E-state index in [1.54, 1.807) is 30.1 Å². The van der Waals surface area contributed by atoms with E-state index in [9.17, 15) is 4.79 Å². The van der Waals surface area contributed by atoms with Gasteiger partial charge < -0.3 is 19.1 Å². The van der Waals surface area contributed by atoms with Crippen LogP contribution in [0.25, 0.3) is 0 Å². The van der Waals surface area contributed by atoms with Crippen LogP contribution in [0.2, 0.25) is 5.02 Å². The largest absolute Gasteiger partial charge is 0.490 e. The number of carbonyl (C=O) groups excluding carboxylic acids is 1. The summed E-state index contributed by atoms with van der Waals surface area (Å²) in [6.45, 7) is 0.966. The van der Waals surface area contributed by atoms with Crippen molar-refractivity contribution in [2.45, 2.75) is 6.10 Å². The highest BCUT2D eigenvalue weighted by atomic mass is 35.5. The van der Waals surface area contributed by atoms with Gasteiger partial charge in [0.1, 0.15) is 19.0 Å². The minimum Gasteiger partial charge on any atom is -0.490 e. The number of nitrogens with zero attached hydrogens (tertiary/aromatic N) is 1. The smallest absolute Gasteiger partial charge is 0.267 e. The lowest BCUT2D eigenvalue weighted by Gasteiger charge is -2.28. The summed E-state index contributed by atoms with van der Waals surface area (Å²) in [7, 11) is 1.71. The van der Waals surface area contributed by atoms with Gasteiger partial charge in [0.25, 0.3) is 5.91 Å². The number of hydrogen-bond acceptors (Lipinski definition) is 4. The highest BCUT2D eigenvalue weighted by Gasteiger charge is 2.29. The molecule has 2 aromatic rings. The minimum atomic E-state index is -0.648. The summed E-state index contributed by atoms with van der Waals surface area (Å²) >= 11 is 6.03. The minimum absolute atomic E-state index is 0.146. The number of para-hydroxylation sites is 3. The molecule has 0 fully saturated rings. The van der Waals surface area contributed by atoms with Crippen LogP contribution < -0.4 is 14.2 Å². The first-order valence-electron chi connectivity index (χ1n) is 7.66. The van der Waals surface area contributed by atoms with Gasteiger partial charge in [-0.1, -0.05) is 35.9 Å². The van der Waals surface area contributed by atoms with Crippen molar-refractivity contribution in [1.29, 1.82) is 0 Å². The zero-order valence-corrected chi connectivity index (χ0v) is 14.0. The number of carbonyl (C=O) groups is 1. The first-order valence-corrected chi connectivity index (χ1v) is 8.04. The molecule has 1 atom stereocenters. The summed E-state index contributed by atoms with van der Waals surface area (Å²) < 4.78 is 16.9. The Morgan fingerprint density at radius 2 is 1.92 bits per heavy atom. The first-order chi connectivity index (χ1) is 11.6. The maximum absolute atomic E-state index is 12.5. The molecule has 0 bridgehead atoms. The number of benzene rings is 2. The maximum atomic E-state index is 12.5. The van der Waals surface area contributed by atoms with E-state index in [-0.39, 0.29) is 12.5 Å². The van der Waals surface area contributed by atoms with E-state index in [2.05, 4.69) is 0 Å². The second kappa shape index (κ2) is 7.45. The molecular weight excluding hydrogens is 330 g/mol. The van der Waals surface area contributed by atoms with Crippen LogP contribution in [-0.2, 0) is 4.79 Å². The van der Waals surface area contributed by atoms with Gasteiger partial charge in [-0.15, -0.1) is 0 Å². The third kappa shape index (κ3) is 3.74. The first kappa shape index (κ1) is 16.5. The lowest BCUT2D eigenvalue weighted by Crippen LogP contribution is -2.45. The second-order valence-electron chi connectivity index (χ2n) is 5.40. The average molecular weight is 348 g/mol. The topological polar surface area (TPSA) is 48.0 Å². The van der Waals surface area contributed by atoms with Crippen molar-refractivity contribution in [1.82, 2.24) is 4.90 Å². The molecule has 1 heterocycles. The second-order valence-corrected chi connectivity index (χ2v) is 5.81. The molecule has 0 aromatic heterocycles. The van der Waals surface area contributed by atoms with Crippen molar-refractivity contribution < 1.29 is 19.0 Å². The number of rotatable bonds is 5. The Labute approximate surface area is 145 Å². The molecule has 0 aliphatic carbocycles. The predicted octanol–water partition coefficient (Wildman–Crippen LogP) is 3.02. The van der Waals surface area contributed by atoms with Crippen molar-refractivity contribution in [2.75, 3.05) is 26.8 Å². The van der Waals surface area contributed by atoms with Crippen LogP contribution in [0.3, 0.4) is 0 Å². The van der Waals surface area contributed by atoms with Crippen molar-refractivity contribution in [3.63, 3.8) is 0 Å². The zero-order chi connectivity index (χ0) is 16.9. The molecule has 1 aliphatic heterocycles. The van der Waals surface area contributed by atoms with Gasteiger partial charge in [0.2, 0.25) is 6.10 Å². The molecule has 0 unspecified atom stereocenters. The molecular formula is C18H18ClNO4. The Balaban J connectivity index is 1.51. The quantitative estimate of drug-likeness (QED) is 0.834. The van der Waals surface area contributed by atoms with E-state index in [0.29, 0.717) is 35.4 Å². The van der Waals surface area contributed by atoms with Crippen LogP contribution in [0, 0.1) is 0 Å². The van der Waals surface area contributed by atoms with Crippen LogP contribution in [0.4, 0.5) is 0 Å². The number of fused-ring (bicyclic) bond motifs is 1. The molecule has 126 valence electrons. The highest BCUT2D eigenvalue weighted by molar-refractivity contribution is 6.32. The number of ether oxygens (including phenoxy) is 3. The Bertz CT molecular complexity index is 722. The molecule has 2 aromatic carbocycles. The molecule has 24 heavy (non-hydrogen) atoms. The summed E-state index contributed by atoms with van der Waals surface area (Å²) in [5.41, 5.74) is 0. The highest BCUT2D eigenvalue weighted by Crippen LogP contribution is 2.31. The molecule has 3 rings (SSSR count). The predicted molar refractivity (Wildman–Crippen MR) is 90.9 cm³/mol. The van der Waals surface area contributed by atoms with Gasteiger partial charge in [0.05, 0.1) is 11.6 Å².